The molecular weight excluding hydrogens is 633 g/mol. The molecule has 52 heavy (non-hydrogen) atoms. The molecule has 2 heterocycles. The van der Waals surface area contributed by atoms with Gasteiger partial charge in [-0.3, -0.25) is 0 Å². The molecule has 12 aromatic rings. The van der Waals surface area contributed by atoms with Crippen molar-refractivity contribution in [3.05, 3.63) is 170 Å². The molecule has 0 unspecified atom stereocenters. The van der Waals surface area contributed by atoms with E-state index in [2.05, 4.69) is 72.8 Å². The summed E-state index contributed by atoms with van der Waals surface area (Å²) in [5.41, 5.74) is 7.62. The molecule has 0 aliphatic rings. The molecule has 0 atom stereocenters. The van der Waals surface area contributed by atoms with Crippen molar-refractivity contribution in [2.45, 2.75) is 0 Å². The van der Waals surface area contributed by atoms with Crippen LogP contribution in [0.5, 0.6) is 0 Å². The molecule has 2 nitrogen and oxygen atoms in total. The van der Waals surface area contributed by atoms with Crippen molar-refractivity contribution in [3.63, 3.8) is 0 Å². The Balaban J connectivity index is 1.24. The summed E-state index contributed by atoms with van der Waals surface area (Å²) in [6.45, 7) is 0. The second-order valence-electron chi connectivity index (χ2n) is 13.4. The Morgan fingerprint density at radius 3 is 1.60 bits per heavy atom. The quantitative estimate of drug-likeness (QED) is 0.175. The minimum Gasteiger partial charge on any atom is -0.455 e. The van der Waals surface area contributed by atoms with Crippen molar-refractivity contribution >= 4 is 87.0 Å². The Morgan fingerprint density at radius 2 is 0.923 bits per heavy atom. The molecule has 0 amide bonds. The molecule has 0 N–H and O–H groups in total. The number of benzene rings is 10. The number of rotatable bonds is 3. The van der Waals surface area contributed by atoms with Crippen molar-refractivity contribution in [2.75, 3.05) is 0 Å². The topological polar surface area (TPSA) is 26.3 Å². The van der Waals surface area contributed by atoms with Gasteiger partial charge in [-0.2, -0.15) is 0 Å². The Labute approximate surface area is 307 Å². The minimum atomic E-state index is -0.492. The first kappa shape index (κ1) is 22.0. The molecular formula is C50H28O2. The van der Waals surface area contributed by atoms with E-state index in [-0.39, 0.29) is 34.5 Å². The molecule has 0 aliphatic heterocycles. The Bertz CT molecular complexity index is 3690. The fourth-order valence-corrected chi connectivity index (χ4v) is 8.40. The van der Waals surface area contributed by atoms with Crippen LogP contribution in [0.3, 0.4) is 0 Å². The molecule has 0 fully saturated rings. The van der Waals surface area contributed by atoms with Crippen LogP contribution in [-0.2, 0) is 0 Å². The van der Waals surface area contributed by atoms with Gasteiger partial charge in [0.1, 0.15) is 22.3 Å². The van der Waals surface area contributed by atoms with E-state index in [0.717, 1.165) is 98.4 Å². The van der Waals surface area contributed by atoms with Crippen LogP contribution in [0.15, 0.2) is 179 Å². The van der Waals surface area contributed by atoms with Crippen molar-refractivity contribution < 1.29 is 18.4 Å². The van der Waals surface area contributed by atoms with Gasteiger partial charge >= 0.3 is 0 Å². The molecule has 0 radical (unpaired) electrons. The van der Waals surface area contributed by atoms with E-state index >= 15 is 0 Å². The maximum atomic E-state index is 9.42. The van der Waals surface area contributed by atoms with E-state index in [1.54, 1.807) is 0 Å². The van der Waals surface area contributed by atoms with Crippen LogP contribution >= 0.6 is 0 Å². The Morgan fingerprint density at radius 1 is 0.365 bits per heavy atom. The van der Waals surface area contributed by atoms with E-state index in [0.29, 0.717) is 5.56 Å². The molecule has 12 rings (SSSR count). The standard InChI is InChI=1S/C50H28O2/c1-2-10-31-27-32(20-19-29(31)9-1)33-23-21-30-22-24-37-43(41-15-7-13-39-34-11-3-5-17-45(34)51-49(39)41)28-44(38-26-25-36(33)47(30)48(37)38)42-16-8-14-40-35-12-4-6-18-46(35)52-50(40)42/h1-28H/i1D,2D,9D,10D,19D,20D,27D. The molecule has 0 saturated carbocycles. The van der Waals surface area contributed by atoms with Crippen molar-refractivity contribution in [1.82, 2.24) is 0 Å². The third kappa shape index (κ3) is 3.78. The summed E-state index contributed by atoms with van der Waals surface area (Å²) in [7, 11) is 0. The maximum absolute atomic E-state index is 9.42. The van der Waals surface area contributed by atoms with Gasteiger partial charge in [-0.25, -0.2) is 0 Å². The van der Waals surface area contributed by atoms with Gasteiger partial charge in [0.15, 0.2) is 0 Å². The van der Waals surface area contributed by atoms with E-state index in [4.69, 9.17) is 15.7 Å². The second-order valence-corrected chi connectivity index (χ2v) is 13.4. The van der Waals surface area contributed by atoms with Gasteiger partial charge in [0.2, 0.25) is 0 Å². The van der Waals surface area contributed by atoms with E-state index < -0.39 is 24.2 Å². The monoisotopic (exact) mass is 667 g/mol. The van der Waals surface area contributed by atoms with Crippen molar-refractivity contribution in [3.8, 4) is 33.4 Å². The molecule has 240 valence electrons. The molecule has 2 aromatic heterocycles. The lowest BCUT2D eigenvalue weighted by Crippen LogP contribution is -1.93. The van der Waals surface area contributed by atoms with Crippen LogP contribution in [0.25, 0.3) is 120 Å². The van der Waals surface area contributed by atoms with Gasteiger partial charge in [-0.05, 0) is 89.6 Å². The van der Waals surface area contributed by atoms with Gasteiger partial charge in [0.05, 0.1) is 9.60 Å². The average Bonchev–Trinajstić information content (AvgIpc) is 3.84. The highest BCUT2D eigenvalue weighted by Crippen LogP contribution is 2.49. The van der Waals surface area contributed by atoms with Crippen LogP contribution in [0.1, 0.15) is 9.60 Å². The maximum Gasteiger partial charge on any atom is 0.143 e. The lowest BCUT2D eigenvalue weighted by Gasteiger charge is -2.20. The van der Waals surface area contributed by atoms with Crippen LogP contribution in [-0.4, -0.2) is 0 Å². The largest absolute Gasteiger partial charge is 0.455 e. The summed E-state index contributed by atoms with van der Waals surface area (Å²) < 4.78 is 74.9. The lowest BCUT2D eigenvalue weighted by atomic mass is 9.83. The number of fused-ring (bicyclic) bond motifs is 7. The van der Waals surface area contributed by atoms with Gasteiger partial charge in [-0.15, -0.1) is 0 Å². The first-order valence-corrected chi connectivity index (χ1v) is 17.3. The van der Waals surface area contributed by atoms with Crippen molar-refractivity contribution in [1.29, 1.82) is 0 Å². The normalized spacial score (nSPS) is 14.1. The summed E-state index contributed by atoms with van der Waals surface area (Å²) in [5, 5.41) is 9.45. The lowest BCUT2D eigenvalue weighted by molar-refractivity contribution is 0.670. The summed E-state index contributed by atoms with van der Waals surface area (Å²) in [6.07, 6.45) is 0. The predicted octanol–water partition coefficient (Wildman–Crippen LogP) is 14.5. The third-order valence-electron chi connectivity index (χ3n) is 10.7. The highest BCUT2D eigenvalue weighted by Gasteiger charge is 2.22. The number of furan rings is 2. The Kier molecular flexibility index (Phi) is 4.37. The molecule has 0 spiro atoms. The summed E-state index contributed by atoms with van der Waals surface area (Å²) in [4.78, 5) is 0. The van der Waals surface area contributed by atoms with E-state index in [1.165, 1.54) is 0 Å². The molecule has 0 bridgehead atoms. The van der Waals surface area contributed by atoms with Gasteiger partial charge < -0.3 is 8.83 Å². The van der Waals surface area contributed by atoms with Crippen LogP contribution in [0.2, 0.25) is 0 Å². The highest BCUT2D eigenvalue weighted by atomic mass is 16.3. The van der Waals surface area contributed by atoms with Gasteiger partial charge in [-0.1, -0.05) is 145 Å². The van der Waals surface area contributed by atoms with Crippen molar-refractivity contribution in [2.24, 2.45) is 0 Å². The fourth-order valence-electron chi connectivity index (χ4n) is 8.40. The number of para-hydroxylation sites is 4. The fraction of sp³-hybridized carbons (Fsp3) is 0. The Hall–Kier alpha value is -6.90. The van der Waals surface area contributed by atoms with Gasteiger partial charge in [0, 0.05) is 32.7 Å². The highest BCUT2D eigenvalue weighted by molar-refractivity contribution is 6.31. The van der Waals surface area contributed by atoms with Gasteiger partial charge in [0.25, 0.3) is 0 Å². The predicted molar refractivity (Wildman–Crippen MR) is 219 cm³/mol. The first-order chi connectivity index (χ1) is 28.7. The van der Waals surface area contributed by atoms with Crippen LogP contribution < -0.4 is 0 Å². The minimum absolute atomic E-state index is 0.0693. The zero-order chi connectivity index (χ0) is 40.0. The van der Waals surface area contributed by atoms with Crippen LogP contribution in [0.4, 0.5) is 0 Å². The van der Waals surface area contributed by atoms with Crippen LogP contribution in [0, 0.1) is 0 Å². The molecule has 10 aromatic carbocycles. The SMILES string of the molecule is [2H]c1c([2H])c([2H])c2c([2H])c(-c3ccc4ccc5c(-c6cccc7c6oc6ccccc67)cc(-c6cccc7c6oc6ccccc67)c6ccc3c4c56)c([2H])c([2H])c2c1[2H]. The zero-order valence-electron chi connectivity index (χ0n) is 34.4. The third-order valence-corrected chi connectivity index (χ3v) is 10.7. The summed E-state index contributed by atoms with van der Waals surface area (Å²) >= 11 is 0. The van der Waals surface area contributed by atoms with E-state index in [9.17, 15) is 2.74 Å². The second kappa shape index (κ2) is 10.3. The molecule has 0 saturated heterocycles. The molecule has 0 aliphatic carbocycles. The summed E-state index contributed by atoms with van der Waals surface area (Å²) in [5.74, 6) is 0. The number of hydrogen-bond donors (Lipinski definition) is 0. The summed E-state index contributed by atoms with van der Waals surface area (Å²) in [6, 6.07) is 40.4. The first-order valence-electron chi connectivity index (χ1n) is 20.8. The molecule has 2 heteroatoms. The number of hydrogen-bond acceptors (Lipinski definition) is 2. The smallest absolute Gasteiger partial charge is 0.143 e. The average molecular weight is 668 g/mol. The van der Waals surface area contributed by atoms with E-state index in [1.807, 2.05) is 54.6 Å². The zero-order valence-corrected chi connectivity index (χ0v) is 27.4.